The Balaban J connectivity index is 0.000000444. The molecule has 7 nitrogen and oxygen atoms in total. The van der Waals surface area contributed by atoms with Gasteiger partial charge in [-0.25, -0.2) is 4.79 Å². The number of aromatic amines is 1. The minimum absolute atomic E-state index is 0.135. The van der Waals surface area contributed by atoms with Crippen LogP contribution >= 0.6 is 0 Å². The fourth-order valence-electron chi connectivity index (χ4n) is 1.53. The van der Waals surface area contributed by atoms with Gasteiger partial charge in [0.25, 0.3) is 5.56 Å². The third-order valence-electron chi connectivity index (χ3n) is 2.40. The normalized spacial score (nSPS) is 20.9. The molecule has 0 aromatic carbocycles. The summed E-state index contributed by atoms with van der Waals surface area (Å²) >= 11 is 0. The summed E-state index contributed by atoms with van der Waals surface area (Å²) < 4.78 is 16.2. The van der Waals surface area contributed by atoms with E-state index in [0.717, 1.165) is 0 Å². The molecule has 1 aromatic heterocycles. The van der Waals surface area contributed by atoms with E-state index in [0.29, 0.717) is 5.56 Å². The Morgan fingerprint density at radius 1 is 1.40 bits per heavy atom. The number of aromatic nitrogens is 2. The van der Waals surface area contributed by atoms with Gasteiger partial charge in [-0.1, -0.05) is 6.08 Å². The highest BCUT2D eigenvalue weighted by Gasteiger charge is 2.20. The maximum Gasteiger partial charge on any atom is 0.330 e. The fraction of sp³-hybridized carbons (Fsp3) is 0.500. The van der Waals surface area contributed by atoms with Crippen molar-refractivity contribution in [2.45, 2.75) is 19.3 Å². The zero-order valence-corrected chi connectivity index (χ0v) is 12.3. The minimum Gasteiger partial charge on any atom is -0.393 e. The standard InChI is InChI=1S/C10H12N2O4.C2H6OS/c1-6-4-12(10(15)11-9(6)14)8-3-2-7(5-13)16-8;1-4(2)3/h2-4,7-8,13H,5H2,1H3,(H,11,14,15);1-2H3/t7-,8+;/m0./s1. The molecule has 112 valence electrons. The van der Waals surface area contributed by atoms with Gasteiger partial charge in [0.05, 0.1) is 6.61 Å². The van der Waals surface area contributed by atoms with Crippen LogP contribution in [0.3, 0.4) is 0 Å². The molecule has 2 N–H and O–H groups in total. The predicted octanol–water partition coefficient (Wildman–Crippen LogP) is -0.714. The molecule has 0 saturated carbocycles. The van der Waals surface area contributed by atoms with Crippen molar-refractivity contribution in [3.8, 4) is 0 Å². The van der Waals surface area contributed by atoms with Crippen molar-refractivity contribution in [2.75, 3.05) is 19.1 Å². The highest BCUT2D eigenvalue weighted by atomic mass is 32.2. The summed E-state index contributed by atoms with van der Waals surface area (Å²) in [6, 6.07) is 0. The first-order chi connectivity index (χ1) is 9.35. The van der Waals surface area contributed by atoms with E-state index in [1.165, 1.54) is 10.8 Å². The highest BCUT2D eigenvalue weighted by Crippen LogP contribution is 2.18. The zero-order chi connectivity index (χ0) is 15.3. The summed E-state index contributed by atoms with van der Waals surface area (Å²) in [6.07, 6.45) is 7.09. The van der Waals surface area contributed by atoms with Crippen molar-refractivity contribution in [1.82, 2.24) is 9.55 Å². The number of aryl methyl sites for hydroxylation is 1. The van der Waals surface area contributed by atoms with Gasteiger partial charge >= 0.3 is 5.69 Å². The van der Waals surface area contributed by atoms with Crippen molar-refractivity contribution < 1.29 is 14.1 Å². The van der Waals surface area contributed by atoms with E-state index in [2.05, 4.69) is 4.98 Å². The van der Waals surface area contributed by atoms with E-state index in [-0.39, 0.29) is 6.61 Å². The van der Waals surface area contributed by atoms with Gasteiger partial charge in [-0.3, -0.25) is 18.6 Å². The summed E-state index contributed by atoms with van der Waals surface area (Å²) in [7, 11) is -0.611. The smallest absolute Gasteiger partial charge is 0.330 e. The predicted molar refractivity (Wildman–Crippen MR) is 76.2 cm³/mol. The molecule has 1 aliphatic heterocycles. The van der Waals surface area contributed by atoms with Crippen LogP contribution < -0.4 is 11.2 Å². The van der Waals surface area contributed by atoms with E-state index in [1.54, 1.807) is 31.6 Å². The first-order valence-corrected chi connectivity index (χ1v) is 7.83. The molecule has 0 spiro atoms. The molecule has 2 heterocycles. The molecule has 1 aliphatic rings. The van der Waals surface area contributed by atoms with E-state index in [9.17, 15) is 13.8 Å². The van der Waals surface area contributed by atoms with Crippen LogP contribution in [0.15, 0.2) is 27.9 Å². The lowest BCUT2D eigenvalue weighted by atomic mass is 10.3. The first-order valence-electron chi connectivity index (χ1n) is 5.87. The van der Waals surface area contributed by atoms with Crippen molar-refractivity contribution >= 4 is 10.8 Å². The molecule has 2 atom stereocenters. The molecule has 1 aromatic rings. The molecule has 2 rings (SSSR count). The van der Waals surface area contributed by atoms with Crippen LogP contribution in [-0.2, 0) is 15.5 Å². The zero-order valence-electron chi connectivity index (χ0n) is 11.5. The molecule has 0 amide bonds. The number of nitrogens with zero attached hydrogens (tertiary/aromatic N) is 1. The van der Waals surface area contributed by atoms with E-state index in [1.807, 2.05) is 0 Å². The van der Waals surface area contributed by atoms with Crippen LogP contribution in [-0.4, -0.2) is 44.1 Å². The maximum absolute atomic E-state index is 11.5. The monoisotopic (exact) mass is 302 g/mol. The maximum atomic E-state index is 11.5. The molecule has 20 heavy (non-hydrogen) atoms. The fourth-order valence-corrected chi connectivity index (χ4v) is 1.53. The van der Waals surface area contributed by atoms with Gasteiger partial charge in [0.15, 0.2) is 6.23 Å². The van der Waals surface area contributed by atoms with Crippen LogP contribution in [0.1, 0.15) is 11.8 Å². The summed E-state index contributed by atoms with van der Waals surface area (Å²) in [4.78, 5) is 24.9. The Kier molecular flexibility index (Phi) is 6.05. The van der Waals surface area contributed by atoms with Gasteiger partial charge in [-0.05, 0) is 13.0 Å². The summed E-state index contributed by atoms with van der Waals surface area (Å²) in [5, 5.41) is 8.88. The number of aliphatic hydroxyl groups excluding tert-OH is 1. The second-order valence-electron chi connectivity index (χ2n) is 4.35. The summed E-state index contributed by atoms with van der Waals surface area (Å²) in [5.41, 5.74) is -0.491. The van der Waals surface area contributed by atoms with Gasteiger partial charge < -0.3 is 9.84 Å². The third-order valence-corrected chi connectivity index (χ3v) is 2.40. The molecular formula is C12H18N2O5S. The average Bonchev–Trinajstić information content (AvgIpc) is 2.81. The van der Waals surface area contributed by atoms with Crippen molar-refractivity contribution in [1.29, 1.82) is 0 Å². The van der Waals surface area contributed by atoms with Gasteiger partial charge in [0, 0.05) is 35.1 Å². The number of H-pyrrole nitrogens is 1. The van der Waals surface area contributed by atoms with Gasteiger partial charge in [0.2, 0.25) is 0 Å². The Labute approximate surface area is 118 Å². The van der Waals surface area contributed by atoms with Crippen LogP contribution in [0.25, 0.3) is 0 Å². The second kappa shape index (κ2) is 7.32. The van der Waals surface area contributed by atoms with Crippen LogP contribution in [0.5, 0.6) is 0 Å². The van der Waals surface area contributed by atoms with Gasteiger partial charge in [-0.15, -0.1) is 0 Å². The van der Waals surface area contributed by atoms with Crippen molar-refractivity contribution in [2.24, 2.45) is 0 Å². The lowest BCUT2D eigenvalue weighted by Crippen LogP contribution is -2.33. The SMILES string of the molecule is CS(C)=O.Cc1cn([C@H]2C=C[C@@H](CO)O2)c(=O)[nH]c1=O. The second-order valence-corrected chi connectivity index (χ2v) is 5.84. The van der Waals surface area contributed by atoms with Gasteiger partial charge in [-0.2, -0.15) is 0 Å². The quantitative estimate of drug-likeness (QED) is 0.703. The van der Waals surface area contributed by atoms with Crippen molar-refractivity contribution in [3.63, 3.8) is 0 Å². The number of hydrogen-bond donors (Lipinski definition) is 2. The number of aliphatic hydroxyl groups is 1. The largest absolute Gasteiger partial charge is 0.393 e. The summed E-state index contributed by atoms with van der Waals surface area (Å²) in [6.45, 7) is 1.47. The van der Waals surface area contributed by atoms with Gasteiger partial charge in [0.1, 0.15) is 6.10 Å². The number of rotatable bonds is 2. The highest BCUT2D eigenvalue weighted by molar-refractivity contribution is 7.83. The lowest BCUT2D eigenvalue weighted by molar-refractivity contribution is -0.0104. The topological polar surface area (TPSA) is 101 Å². The van der Waals surface area contributed by atoms with Crippen LogP contribution in [0.2, 0.25) is 0 Å². The Hall–Kier alpha value is -1.51. The molecule has 0 unspecified atom stereocenters. The summed E-state index contributed by atoms with van der Waals surface area (Å²) in [5.74, 6) is 0. The molecule has 0 bridgehead atoms. The van der Waals surface area contributed by atoms with Crippen LogP contribution in [0.4, 0.5) is 0 Å². The Morgan fingerprint density at radius 2 is 2.00 bits per heavy atom. The molecule has 0 radical (unpaired) electrons. The minimum atomic E-state index is -0.611. The number of nitrogens with one attached hydrogen (secondary N) is 1. The lowest BCUT2D eigenvalue weighted by Gasteiger charge is -2.14. The molecule has 0 fully saturated rings. The van der Waals surface area contributed by atoms with Crippen molar-refractivity contribution in [3.05, 3.63) is 44.8 Å². The van der Waals surface area contributed by atoms with E-state index in [4.69, 9.17) is 9.84 Å². The molecule has 0 saturated heterocycles. The Morgan fingerprint density at radius 3 is 2.50 bits per heavy atom. The molecule has 8 heteroatoms. The van der Waals surface area contributed by atoms with Crippen LogP contribution in [0, 0.1) is 6.92 Å². The Bertz CT molecular complexity index is 615. The number of ether oxygens (including phenoxy) is 1. The number of hydrogen-bond acceptors (Lipinski definition) is 5. The first kappa shape index (κ1) is 16.5. The van der Waals surface area contributed by atoms with E-state index >= 15 is 0 Å². The molecular weight excluding hydrogens is 284 g/mol. The van der Waals surface area contributed by atoms with E-state index < -0.39 is 34.4 Å². The third kappa shape index (κ3) is 4.55. The average molecular weight is 302 g/mol. The molecule has 0 aliphatic carbocycles.